The van der Waals surface area contributed by atoms with Crippen LogP contribution >= 0.6 is 0 Å². The Balaban J connectivity index is 2.74. The molecule has 0 bridgehead atoms. The summed E-state index contributed by atoms with van der Waals surface area (Å²) in [4.78, 5) is 0. The predicted molar refractivity (Wildman–Crippen MR) is 66.1 cm³/mol. The molecule has 0 atom stereocenters. The molecule has 0 saturated carbocycles. The Morgan fingerprint density at radius 2 is 1.38 bits per heavy atom. The lowest BCUT2D eigenvalue weighted by molar-refractivity contribution is 0.405. The minimum absolute atomic E-state index is 0.0638. The van der Waals surface area contributed by atoms with Crippen LogP contribution < -0.4 is 0 Å². The van der Waals surface area contributed by atoms with Crippen LogP contribution in [0.3, 0.4) is 0 Å². The van der Waals surface area contributed by atoms with E-state index in [0.29, 0.717) is 5.92 Å². The van der Waals surface area contributed by atoms with E-state index in [0.717, 1.165) is 10.8 Å². The molecule has 0 heterocycles. The molecule has 0 aromatic heterocycles. The number of aryl methyl sites for hydroxylation is 1. The van der Waals surface area contributed by atoms with Crippen LogP contribution in [0, 0.1) is 6.92 Å². The Kier molecular flexibility index (Phi) is 2.50. The Morgan fingerprint density at radius 3 is 1.88 bits per heavy atom. The van der Waals surface area contributed by atoms with Gasteiger partial charge in [0.1, 0.15) is 0 Å². The van der Waals surface area contributed by atoms with Gasteiger partial charge in [-0.1, -0.05) is 26.0 Å². The number of rotatable bonds is 1. The molecule has 0 amide bonds. The normalized spacial score (nSPS) is 11.2. The van der Waals surface area contributed by atoms with Gasteiger partial charge >= 0.3 is 0 Å². The molecule has 0 aliphatic rings. The summed E-state index contributed by atoms with van der Waals surface area (Å²) in [7, 11) is 0. The van der Waals surface area contributed by atoms with Crippen LogP contribution in [-0.2, 0) is 0 Å². The summed E-state index contributed by atoms with van der Waals surface area (Å²) in [5.74, 6) is 0.329. The first-order valence-electron chi connectivity index (χ1n) is 5.45. The van der Waals surface area contributed by atoms with Crippen LogP contribution in [0.25, 0.3) is 10.8 Å². The molecule has 2 aromatic carbocycles. The van der Waals surface area contributed by atoms with Crippen molar-refractivity contribution in [1.82, 2.24) is 0 Å². The van der Waals surface area contributed by atoms with E-state index in [9.17, 15) is 10.2 Å². The fourth-order valence-electron chi connectivity index (χ4n) is 2.08. The first-order valence-corrected chi connectivity index (χ1v) is 5.45. The monoisotopic (exact) mass is 216 g/mol. The van der Waals surface area contributed by atoms with Crippen molar-refractivity contribution in [3.05, 3.63) is 35.4 Å². The van der Waals surface area contributed by atoms with Gasteiger partial charge in [-0.15, -0.1) is 0 Å². The van der Waals surface area contributed by atoms with Crippen LogP contribution in [0.1, 0.15) is 30.9 Å². The topological polar surface area (TPSA) is 40.5 Å². The van der Waals surface area contributed by atoms with Crippen molar-refractivity contribution < 1.29 is 10.2 Å². The van der Waals surface area contributed by atoms with E-state index in [-0.39, 0.29) is 11.5 Å². The average molecular weight is 216 g/mol. The molecule has 0 spiro atoms. The first-order chi connectivity index (χ1) is 7.49. The van der Waals surface area contributed by atoms with Gasteiger partial charge in [-0.05, 0) is 46.9 Å². The minimum Gasteiger partial charge on any atom is -0.504 e. The summed E-state index contributed by atoms with van der Waals surface area (Å²) in [5.41, 5.74) is 2.49. The quantitative estimate of drug-likeness (QED) is 0.714. The SMILES string of the molecule is Cc1cc2cc(O)c(O)cc2cc1C(C)C. The van der Waals surface area contributed by atoms with Gasteiger partial charge in [-0.25, -0.2) is 0 Å². The van der Waals surface area contributed by atoms with E-state index >= 15 is 0 Å². The van der Waals surface area contributed by atoms with Crippen LogP contribution in [0.5, 0.6) is 11.5 Å². The molecular weight excluding hydrogens is 200 g/mol. The molecule has 0 aliphatic heterocycles. The average Bonchev–Trinajstić information content (AvgIpc) is 2.19. The fourth-order valence-corrected chi connectivity index (χ4v) is 2.08. The molecule has 0 radical (unpaired) electrons. The Labute approximate surface area is 95.2 Å². The van der Waals surface area contributed by atoms with Crippen LogP contribution in [-0.4, -0.2) is 10.2 Å². The van der Waals surface area contributed by atoms with E-state index in [4.69, 9.17) is 0 Å². The molecule has 0 saturated heterocycles. The van der Waals surface area contributed by atoms with Gasteiger partial charge in [-0.3, -0.25) is 0 Å². The zero-order valence-electron chi connectivity index (χ0n) is 9.78. The lowest BCUT2D eigenvalue weighted by atomic mass is 9.94. The molecule has 84 valence electrons. The first kappa shape index (κ1) is 10.8. The van der Waals surface area contributed by atoms with Crippen LogP contribution in [0.15, 0.2) is 24.3 Å². The third-order valence-electron chi connectivity index (χ3n) is 2.94. The molecule has 0 unspecified atom stereocenters. The minimum atomic E-state index is -0.0656. The van der Waals surface area contributed by atoms with Crippen molar-refractivity contribution in [1.29, 1.82) is 0 Å². The summed E-state index contributed by atoms with van der Waals surface area (Å²) in [6.45, 7) is 6.36. The van der Waals surface area contributed by atoms with Crippen molar-refractivity contribution in [2.24, 2.45) is 0 Å². The lowest BCUT2D eigenvalue weighted by Gasteiger charge is -2.12. The highest BCUT2D eigenvalue weighted by atomic mass is 16.3. The van der Waals surface area contributed by atoms with E-state index in [2.05, 4.69) is 26.8 Å². The van der Waals surface area contributed by atoms with Crippen molar-refractivity contribution in [3.8, 4) is 11.5 Å². The smallest absolute Gasteiger partial charge is 0.158 e. The van der Waals surface area contributed by atoms with Crippen LogP contribution in [0.2, 0.25) is 0 Å². The van der Waals surface area contributed by atoms with Gasteiger partial charge in [0.15, 0.2) is 11.5 Å². The second-order valence-corrected chi connectivity index (χ2v) is 4.55. The van der Waals surface area contributed by atoms with Gasteiger partial charge in [0.2, 0.25) is 0 Å². The largest absolute Gasteiger partial charge is 0.504 e. The van der Waals surface area contributed by atoms with Crippen molar-refractivity contribution in [2.75, 3.05) is 0 Å². The Morgan fingerprint density at radius 1 is 0.875 bits per heavy atom. The number of hydrogen-bond donors (Lipinski definition) is 2. The van der Waals surface area contributed by atoms with E-state index in [1.54, 1.807) is 12.1 Å². The molecule has 0 aliphatic carbocycles. The summed E-state index contributed by atoms with van der Waals surface area (Å²) < 4.78 is 0. The van der Waals surface area contributed by atoms with Gasteiger partial charge in [0, 0.05) is 0 Å². The highest BCUT2D eigenvalue weighted by Gasteiger charge is 2.08. The summed E-state index contributed by atoms with van der Waals surface area (Å²) >= 11 is 0. The summed E-state index contributed by atoms with van der Waals surface area (Å²) in [5, 5.41) is 20.8. The van der Waals surface area contributed by atoms with Crippen LogP contribution in [0.4, 0.5) is 0 Å². The Bertz CT molecular complexity index is 542. The predicted octanol–water partition coefficient (Wildman–Crippen LogP) is 3.68. The van der Waals surface area contributed by atoms with Gasteiger partial charge in [0.25, 0.3) is 0 Å². The number of benzene rings is 2. The highest BCUT2D eigenvalue weighted by Crippen LogP contribution is 2.33. The molecule has 16 heavy (non-hydrogen) atoms. The van der Waals surface area contributed by atoms with E-state index in [1.165, 1.54) is 11.1 Å². The summed E-state index contributed by atoms with van der Waals surface area (Å²) in [6, 6.07) is 7.33. The maximum absolute atomic E-state index is 9.47. The lowest BCUT2D eigenvalue weighted by Crippen LogP contribution is -1.92. The molecular formula is C14H16O2. The third-order valence-corrected chi connectivity index (χ3v) is 2.94. The van der Waals surface area contributed by atoms with Gasteiger partial charge in [-0.2, -0.15) is 0 Å². The molecule has 2 heteroatoms. The highest BCUT2D eigenvalue weighted by molar-refractivity contribution is 5.87. The summed E-state index contributed by atoms with van der Waals surface area (Å²) in [6.07, 6.45) is 0. The van der Waals surface area contributed by atoms with Crippen molar-refractivity contribution in [2.45, 2.75) is 26.7 Å². The fraction of sp³-hybridized carbons (Fsp3) is 0.286. The maximum atomic E-state index is 9.47. The third kappa shape index (κ3) is 1.71. The zero-order chi connectivity index (χ0) is 11.9. The van der Waals surface area contributed by atoms with Crippen molar-refractivity contribution >= 4 is 10.8 Å². The van der Waals surface area contributed by atoms with E-state index < -0.39 is 0 Å². The number of phenolic OH excluding ortho intramolecular Hbond substituents is 2. The zero-order valence-corrected chi connectivity index (χ0v) is 9.78. The number of hydrogen-bond acceptors (Lipinski definition) is 2. The number of aromatic hydroxyl groups is 2. The second kappa shape index (κ2) is 3.71. The molecule has 2 rings (SSSR count). The molecule has 2 aromatic rings. The molecule has 2 N–H and O–H groups in total. The maximum Gasteiger partial charge on any atom is 0.158 e. The second-order valence-electron chi connectivity index (χ2n) is 4.55. The molecule has 2 nitrogen and oxygen atoms in total. The van der Waals surface area contributed by atoms with Gasteiger partial charge in [0.05, 0.1) is 0 Å². The van der Waals surface area contributed by atoms with E-state index in [1.807, 2.05) is 6.07 Å². The standard InChI is InChI=1S/C14H16O2/c1-8(2)12-5-11-7-14(16)13(15)6-10(11)4-9(12)3/h4-8,15-16H,1-3H3. The van der Waals surface area contributed by atoms with Gasteiger partial charge < -0.3 is 10.2 Å². The number of fused-ring (bicyclic) bond motifs is 1. The Hall–Kier alpha value is -1.70. The number of phenols is 2. The molecule has 0 fully saturated rings. The van der Waals surface area contributed by atoms with Crippen molar-refractivity contribution in [3.63, 3.8) is 0 Å².